The second-order valence-corrected chi connectivity index (χ2v) is 5.38. The van der Waals surface area contributed by atoms with Crippen LogP contribution in [0.5, 0.6) is 0 Å². The summed E-state index contributed by atoms with van der Waals surface area (Å²) in [6.45, 7) is 4.41. The van der Waals surface area contributed by atoms with Crippen molar-refractivity contribution in [1.29, 1.82) is 0 Å². The molecule has 1 N–H and O–H groups in total. The lowest BCUT2D eigenvalue weighted by atomic mass is 9.97. The fourth-order valence-electron chi connectivity index (χ4n) is 2.23. The topological polar surface area (TPSA) is 33.1 Å². The zero-order valence-corrected chi connectivity index (χ0v) is 11.6. The zero-order valence-electron chi connectivity index (χ0n) is 11.6. The lowest BCUT2D eigenvalue weighted by Crippen LogP contribution is -2.04. The van der Waals surface area contributed by atoms with Crippen molar-refractivity contribution in [3.05, 3.63) is 65.5 Å². The first-order valence-electron chi connectivity index (χ1n) is 6.82. The predicted octanol–water partition coefficient (Wildman–Crippen LogP) is 3.56. The van der Waals surface area contributed by atoms with E-state index in [1.807, 2.05) is 30.3 Å². The van der Waals surface area contributed by atoms with Crippen molar-refractivity contribution in [1.82, 2.24) is 4.98 Å². The molecule has 0 aliphatic heterocycles. The van der Waals surface area contributed by atoms with Crippen molar-refractivity contribution in [3.63, 3.8) is 0 Å². The molecule has 2 nitrogen and oxygen atoms in total. The molecular weight excluding hydrogens is 234 g/mol. The molecule has 1 atom stereocenters. The van der Waals surface area contributed by atoms with Gasteiger partial charge in [0.1, 0.15) is 0 Å². The highest BCUT2D eigenvalue weighted by molar-refractivity contribution is 5.26. The van der Waals surface area contributed by atoms with Gasteiger partial charge in [-0.15, -0.1) is 0 Å². The molecule has 19 heavy (non-hydrogen) atoms. The van der Waals surface area contributed by atoms with Gasteiger partial charge in [-0.3, -0.25) is 4.98 Å². The summed E-state index contributed by atoms with van der Waals surface area (Å²) in [5, 5.41) is 10.3. The minimum absolute atomic E-state index is 0.484. The molecule has 0 bridgehead atoms. The number of aromatic nitrogens is 1. The second kappa shape index (κ2) is 6.48. The van der Waals surface area contributed by atoms with Crippen LogP contribution in [0.15, 0.2) is 48.7 Å². The standard InChI is InChI=1S/C17H21NO/c1-13(2)10-14-6-5-7-15(11-14)17(19)12-16-8-3-4-9-18-16/h3-9,11,13,17,19H,10,12H2,1-2H3. The minimum atomic E-state index is -0.484. The summed E-state index contributed by atoms with van der Waals surface area (Å²) in [4.78, 5) is 4.26. The van der Waals surface area contributed by atoms with E-state index in [2.05, 4.69) is 31.0 Å². The number of hydrogen-bond acceptors (Lipinski definition) is 2. The van der Waals surface area contributed by atoms with Gasteiger partial charge in [-0.1, -0.05) is 44.2 Å². The highest BCUT2D eigenvalue weighted by atomic mass is 16.3. The monoisotopic (exact) mass is 255 g/mol. The van der Waals surface area contributed by atoms with Crippen LogP contribution in [0, 0.1) is 5.92 Å². The molecule has 0 amide bonds. The maximum Gasteiger partial charge on any atom is 0.0845 e. The minimum Gasteiger partial charge on any atom is -0.388 e. The molecule has 2 heteroatoms. The Balaban J connectivity index is 2.08. The molecule has 100 valence electrons. The molecule has 0 aliphatic carbocycles. The summed E-state index contributed by atoms with van der Waals surface area (Å²) in [7, 11) is 0. The number of hydrogen-bond donors (Lipinski definition) is 1. The van der Waals surface area contributed by atoms with Gasteiger partial charge in [0.15, 0.2) is 0 Å². The van der Waals surface area contributed by atoms with E-state index in [9.17, 15) is 5.11 Å². The Labute approximate surface area is 115 Å². The molecule has 2 rings (SSSR count). The van der Waals surface area contributed by atoms with Gasteiger partial charge in [0.2, 0.25) is 0 Å². The Kier molecular flexibility index (Phi) is 4.69. The quantitative estimate of drug-likeness (QED) is 0.886. The summed E-state index contributed by atoms with van der Waals surface area (Å²) < 4.78 is 0. The van der Waals surface area contributed by atoms with E-state index in [1.54, 1.807) is 6.20 Å². The first-order valence-corrected chi connectivity index (χ1v) is 6.82. The first kappa shape index (κ1) is 13.8. The summed E-state index contributed by atoms with van der Waals surface area (Å²) >= 11 is 0. The SMILES string of the molecule is CC(C)Cc1cccc(C(O)Cc2ccccn2)c1. The molecule has 0 aliphatic rings. The number of benzene rings is 1. The van der Waals surface area contributed by atoms with Crippen molar-refractivity contribution >= 4 is 0 Å². The smallest absolute Gasteiger partial charge is 0.0845 e. The number of pyridine rings is 1. The molecule has 2 aromatic rings. The Morgan fingerprint density at radius 1 is 1.05 bits per heavy atom. The Morgan fingerprint density at radius 2 is 1.89 bits per heavy atom. The van der Waals surface area contributed by atoms with Crippen molar-refractivity contribution in [2.75, 3.05) is 0 Å². The van der Waals surface area contributed by atoms with Gasteiger partial charge >= 0.3 is 0 Å². The average Bonchev–Trinajstić information content (AvgIpc) is 2.39. The molecule has 1 heterocycles. The van der Waals surface area contributed by atoms with Gasteiger partial charge in [0.05, 0.1) is 6.10 Å². The number of aliphatic hydroxyl groups is 1. The van der Waals surface area contributed by atoms with Crippen LogP contribution in [0.1, 0.15) is 36.8 Å². The maximum absolute atomic E-state index is 10.3. The normalized spacial score (nSPS) is 12.6. The van der Waals surface area contributed by atoms with Crippen LogP contribution in [0.4, 0.5) is 0 Å². The van der Waals surface area contributed by atoms with Crippen LogP contribution in [0.25, 0.3) is 0 Å². The fraction of sp³-hybridized carbons (Fsp3) is 0.353. The van der Waals surface area contributed by atoms with E-state index in [0.717, 1.165) is 17.7 Å². The van der Waals surface area contributed by atoms with Crippen molar-refractivity contribution < 1.29 is 5.11 Å². The lowest BCUT2D eigenvalue weighted by molar-refractivity contribution is 0.177. The third-order valence-electron chi connectivity index (χ3n) is 3.11. The fourth-order valence-corrected chi connectivity index (χ4v) is 2.23. The van der Waals surface area contributed by atoms with Crippen LogP contribution >= 0.6 is 0 Å². The summed E-state index contributed by atoms with van der Waals surface area (Å²) in [6.07, 6.45) is 2.88. The zero-order chi connectivity index (χ0) is 13.7. The largest absolute Gasteiger partial charge is 0.388 e. The molecule has 1 aromatic heterocycles. The second-order valence-electron chi connectivity index (χ2n) is 5.38. The Bertz CT molecular complexity index is 508. The molecule has 0 radical (unpaired) electrons. The van der Waals surface area contributed by atoms with Crippen LogP contribution < -0.4 is 0 Å². The summed E-state index contributed by atoms with van der Waals surface area (Å²) in [5.41, 5.74) is 3.18. The third kappa shape index (κ3) is 4.18. The van der Waals surface area contributed by atoms with Crippen LogP contribution in [0.2, 0.25) is 0 Å². The van der Waals surface area contributed by atoms with E-state index in [0.29, 0.717) is 12.3 Å². The van der Waals surface area contributed by atoms with Gasteiger partial charge < -0.3 is 5.11 Å². The Morgan fingerprint density at radius 3 is 2.58 bits per heavy atom. The van der Waals surface area contributed by atoms with Gasteiger partial charge in [0.25, 0.3) is 0 Å². The molecule has 1 unspecified atom stereocenters. The highest BCUT2D eigenvalue weighted by Crippen LogP contribution is 2.19. The van der Waals surface area contributed by atoms with E-state index >= 15 is 0 Å². The van der Waals surface area contributed by atoms with Crippen LogP contribution in [-0.4, -0.2) is 10.1 Å². The summed E-state index contributed by atoms with van der Waals surface area (Å²) in [6, 6.07) is 14.0. The molecule has 0 saturated carbocycles. The molecule has 0 fully saturated rings. The van der Waals surface area contributed by atoms with E-state index < -0.39 is 6.10 Å². The summed E-state index contributed by atoms with van der Waals surface area (Å²) in [5.74, 6) is 0.628. The number of rotatable bonds is 5. The third-order valence-corrected chi connectivity index (χ3v) is 3.11. The van der Waals surface area contributed by atoms with Crippen molar-refractivity contribution in [2.45, 2.75) is 32.8 Å². The Hall–Kier alpha value is -1.67. The van der Waals surface area contributed by atoms with E-state index in [4.69, 9.17) is 0 Å². The number of nitrogens with zero attached hydrogens (tertiary/aromatic N) is 1. The molecule has 0 saturated heterocycles. The maximum atomic E-state index is 10.3. The van der Waals surface area contributed by atoms with Crippen molar-refractivity contribution in [3.8, 4) is 0 Å². The lowest BCUT2D eigenvalue weighted by Gasteiger charge is -2.13. The van der Waals surface area contributed by atoms with Crippen LogP contribution in [-0.2, 0) is 12.8 Å². The van der Waals surface area contributed by atoms with Gasteiger partial charge in [-0.2, -0.15) is 0 Å². The van der Waals surface area contributed by atoms with E-state index in [-0.39, 0.29) is 0 Å². The molecule has 1 aromatic carbocycles. The van der Waals surface area contributed by atoms with Gasteiger partial charge in [-0.05, 0) is 35.6 Å². The van der Waals surface area contributed by atoms with Gasteiger partial charge in [0, 0.05) is 18.3 Å². The number of aliphatic hydroxyl groups excluding tert-OH is 1. The van der Waals surface area contributed by atoms with E-state index in [1.165, 1.54) is 5.56 Å². The molecular formula is C17H21NO. The van der Waals surface area contributed by atoms with Gasteiger partial charge in [-0.25, -0.2) is 0 Å². The average molecular weight is 255 g/mol. The highest BCUT2D eigenvalue weighted by Gasteiger charge is 2.10. The first-order chi connectivity index (χ1) is 9.15. The van der Waals surface area contributed by atoms with Crippen molar-refractivity contribution in [2.24, 2.45) is 5.92 Å². The molecule has 0 spiro atoms. The predicted molar refractivity (Wildman–Crippen MR) is 77.9 cm³/mol. The van der Waals surface area contributed by atoms with Crippen LogP contribution in [0.3, 0.4) is 0 Å².